The Morgan fingerprint density at radius 2 is 2.18 bits per heavy atom. The molecule has 0 spiro atoms. The first kappa shape index (κ1) is 12.4. The molecule has 4 heteroatoms. The van der Waals surface area contributed by atoms with Gasteiger partial charge in [-0.15, -0.1) is 0 Å². The number of nitrogens with two attached hydrogens (primary N) is 1. The summed E-state index contributed by atoms with van der Waals surface area (Å²) < 4.78 is 1.99. The number of aromatic nitrogens is 2. The van der Waals surface area contributed by atoms with Gasteiger partial charge in [-0.3, -0.25) is 4.68 Å². The quantitative estimate of drug-likeness (QED) is 0.839. The minimum Gasteiger partial charge on any atom is -0.359 e. The maximum absolute atomic E-state index is 5.69. The molecule has 2 N–H and O–H groups in total. The van der Waals surface area contributed by atoms with Gasteiger partial charge in [-0.2, -0.15) is 5.10 Å². The molecular formula is C13H24N4. The van der Waals surface area contributed by atoms with Crippen molar-refractivity contribution in [1.82, 2.24) is 9.78 Å². The molecule has 1 aromatic heterocycles. The van der Waals surface area contributed by atoms with Crippen molar-refractivity contribution < 1.29 is 0 Å². The maximum atomic E-state index is 5.69. The Bertz CT molecular complexity index is 396. The number of aryl methyl sites for hydroxylation is 2. The van der Waals surface area contributed by atoms with Gasteiger partial charge in [0.2, 0.25) is 0 Å². The Balaban J connectivity index is 2.17. The lowest BCUT2D eigenvalue weighted by Gasteiger charge is -2.21. The van der Waals surface area contributed by atoms with E-state index in [-0.39, 0.29) is 0 Å². The Morgan fingerprint density at radius 3 is 2.71 bits per heavy atom. The van der Waals surface area contributed by atoms with E-state index in [2.05, 4.69) is 30.9 Å². The molecule has 2 rings (SSSR count). The van der Waals surface area contributed by atoms with Gasteiger partial charge in [0.15, 0.2) is 0 Å². The minimum atomic E-state index is 0.688. The fourth-order valence-corrected chi connectivity index (χ4v) is 2.70. The third-order valence-corrected chi connectivity index (χ3v) is 3.85. The third kappa shape index (κ3) is 2.46. The summed E-state index contributed by atoms with van der Waals surface area (Å²) in [7, 11) is 4.19. The molecule has 1 aliphatic carbocycles. The zero-order chi connectivity index (χ0) is 12.6. The van der Waals surface area contributed by atoms with Gasteiger partial charge in [-0.05, 0) is 38.1 Å². The summed E-state index contributed by atoms with van der Waals surface area (Å²) in [6, 6.07) is 0. The lowest BCUT2D eigenvalue weighted by atomic mass is 10.1. The summed E-state index contributed by atoms with van der Waals surface area (Å²) in [5, 5.41) is 4.52. The molecule has 96 valence electrons. The van der Waals surface area contributed by atoms with Gasteiger partial charge in [-0.1, -0.05) is 6.92 Å². The maximum Gasteiger partial charge on any atom is 0.129 e. The number of nitrogens with zero attached hydrogens (tertiary/aromatic N) is 3. The first-order valence-electron chi connectivity index (χ1n) is 6.48. The average molecular weight is 236 g/mol. The van der Waals surface area contributed by atoms with E-state index in [0.29, 0.717) is 6.54 Å². The summed E-state index contributed by atoms with van der Waals surface area (Å²) >= 11 is 0. The van der Waals surface area contributed by atoms with Gasteiger partial charge in [0.1, 0.15) is 5.82 Å². The van der Waals surface area contributed by atoms with Crippen molar-refractivity contribution in [3.63, 3.8) is 0 Å². The first-order chi connectivity index (χ1) is 8.04. The van der Waals surface area contributed by atoms with Crippen LogP contribution in [0.15, 0.2) is 0 Å². The lowest BCUT2D eigenvalue weighted by molar-refractivity contribution is 0.679. The molecule has 1 aliphatic rings. The Hall–Kier alpha value is -1.03. The van der Waals surface area contributed by atoms with E-state index in [1.807, 2.05) is 11.7 Å². The first-order valence-corrected chi connectivity index (χ1v) is 6.48. The Labute approximate surface area is 104 Å². The molecule has 0 amide bonds. The monoisotopic (exact) mass is 236 g/mol. The number of hydrogen-bond donors (Lipinski definition) is 1. The number of hydrogen-bond acceptors (Lipinski definition) is 3. The van der Waals surface area contributed by atoms with Crippen LogP contribution in [-0.4, -0.2) is 29.9 Å². The smallest absolute Gasteiger partial charge is 0.129 e. The highest BCUT2D eigenvalue weighted by molar-refractivity contribution is 5.50. The average Bonchev–Trinajstić information content (AvgIpc) is 2.84. The molecule has 1 heterocycles. The Morgan fingerprint density at radius 1 is 1.53 bits per heavy atom. The molecule has 1 saturated carbocycles. The van der Waals surface area contributed by atoms with Crippen molar-refractivity contribution in [1.29, 1.82) is 0 Å². The van der Waals surface area contributed by atoms with E-state index in [1.165, 1.54) is 17.8 Å². The molecule has 0 radical (unpaired) electrons. The van der Waals surface area contributed by atoms with Crippen LogP contribution in [0.3, 0.4) is 0 Å². The van der Waals surface area contributed by atoms with Gasteiger partial charge in [-0.25, -0.2) is 0 Å². The molecule has 2 atom stereocenters. The predicted octanol–water partition coefficient (Wildman–Crippen LogP) is 1.32. The van der Waals surface area contributed by atoms with Crippen LogP contribution in [0.4, 0.5) is 5.82 Å². The van der Waals surface area contributed by atoms with E-state index < -0.39 is 0 Å². The van der Waals surface area contributed by atoms with E-state index in [9.17, 15) is 0 Å². The Kier molecular flexibility index (Phi) is 3.43. The van der Waals surface area contributed by atoms with Gasteiger partial charge in [0.25, 0.3) is 0 Å². The zero-order valence-electron chi connectivity index (χ0n) is 11.4. The van der Waals surface area contributed by atoms with Crippen molar-refractivity contribution in [2.45, 2.75) is 26.7 Å². The molecule has 0 aromatic carbocycles. The van der Waals surface area contributed by atoms with E-state index in [1.54, 1.807) is 0 Å². The van der Waals surface area contributed by atoms with Gasteiger partial charge in [0.05, 0.1) is 5.69 Å². The van der Waals surface area contributed by atoms with Crippen LogP contribution in [0, 0.1) is 18.8 Å². The molecule has 0 saturated heterocycles. The summed E-state index contributed by atoms with van der Waals surface area (Å²) in [6.45, 7) is 6.22. The van der Waals surface area contributed by atoms with Gasteiger partial charge >= 0.3 is 0 Å². The lowest BCUT2D eigenvalue weighted by Crippen LogP contribution is -2.24. The fraction of sp³-hybridized carbons (Fsp3) is 0.769. The molecule has 0 bridgehead atoms. The van der Waals surface area contributed by atoms with E-state index >= 15 is 0 Å². The van der Waals surface area contributed by atoms with E-state index in [0.717, 1.165) is 30.5 Å². The molecule has 4 nitrogen and oxygen atoms in total. The number of anilines is 1. The standard InChI is InChI=1S/C13H24N4/c1-9-7-11(9)8-16(3)13-12(5-6-14)10(2)15-17(13)4/h9,11H,5-8,14H2,1-4H3. The highest BCUT2D eigenvalue weighted by Crippen LogP contribution is 2.39. The van der Waals surface area contributed by atoms with Crippen LogP contribution < -0.4 is 10.6 Å². The second-order valence-electron chi connectivity index (χ2n) is 5.40. The third-order valence-electron chi connectivity index (χ3n) is 3.85. The van der Waals surface area contributed by atoms with Crippen molar-refractivity contribution >= 4 is 5.82 Å². The van der Waals surface area contributed by atoms with Crippen LogP contribution in [0.5, 0.6) is 0 Å². The summed E-state index contributed by atoms with van der Waals surface area (Å²) in [5.74, 6) is 3.00. The van der Waals surface area contributed by atoms with E-state index in [4.69, 9.17) is 5.73 Å². The largest absolute Gasteiger partial charge is 0.359 e. The highest BCUT2D eigenvalue weighted by atomic mass is 15.4. The predicted molar refractivity (Wildman–Crippen MR) is 71.2 cm³/mol. The molecule has 1 fully saturated rings. The van der Waals surface area contributed by atoms with Crippen LogP contribution in [-0.2, 0) is 13.5 Å². The topological polar surface area (TPSA) is 47.1 Å². The highest BCUT2D eigenvalue weighted by Gasteiger charge is 2.34. The zero-order valence-corrected chi connectivity index (χ0v) is 11.4. The van der Waals surface area contributed by atoms with Crippen molar-refractivity contribution in [3.8, 4) is 0 Å². The fourth-order valence-electron chi connectivity index (χ4n) is 2.70. The summed E-state index contributed by atoms with van der Waals surface area (Å²) in [5.41, 5.74) is 8.11. The molecule has 2 unspecified atom stereocenters. The normalized spacial score (nSPS) is 22.9. The molecule has 17 heavy (non-hydrogen) atoms. The summed E-state index contributed by atoms with van der Waals surface area (Å²) in [6.07, 6.45) is 2.28. The van der Waals surface area contributed by atoms with Gasteiger partial charge < -0.3 is 10.6 Å². The molecule has 1 aromatic rings. The SMILES string of the molecule is Cc1nn(C)c(N(C)CC2CC2C)c1CCN. The van der Waals surface area contributed by atoms with Crippen molar-refractivity contribution in [2.24, 2.45) is 24.6 Å². The van der Waals surface area contributed by atoms with Crippen LogP contribution in [0.25, 0.3) is 0 Å². The molecule has 0 aliphatic heterocycles. The minimum absolute atomic E-state index is 0.688. The molecular weight excluding hydrogens is 212 g/mol. The summed E-state index contributed by atoms with van der Waals surface area (Å²) in [4.78, 5) is 2.35. The second kappa shape index (κ2) is 4.69. The van der Waals surface area contributed by atoms with Crippen LogP contribution >= 0.6 is 0 Å². The second-order valence-corrected chi connectivity index (χ2v) is 5.40. The van der Waals surface area contributed by atoms with Crippen molar-refractivity contribution in [2.75, 3.05) is 25.0 Å². The van der Waals surface area contributed by atoms with Crippen LogP contribution in [0.2, 0.25) is 0 Å². The van der Waals surface area contributed by atoms with Crippen molar-refractivity contribution in [3.05, 3.63) is 11.3 Å². The number of rotatable bonds is 5. The van der Waals surface area contributed by atoms with Crippen LogP contribution in [0.1, 0.15) is 24.6 Å². The van der Waals surface area contributed by atoms with Gasteiger partial charge in [0, 0.05) is 26.2 Å².